The summed E-state index contributed by atoms with van der Waals surface area (Å²) < 4.78 is 13.3. The summed E-state index contributed by atoms with van der Waals surface area (Å²) in [6, 6.07) is -0.280. The van der Waals surface area contributed by atoms with E-state index in [1.54, 1.807) is 6.08 Å². The van der Waals surface area contributed by atoms with Crippen molar-refractivity contribution in [2.24, 2.45) is 22.6 Å². The van der Waals surface area contributed by atoms with Crippen LogP contribution in [0.3, 0.4) is 0 Å². The minimum atomic E-state index is -0.942. The molecule has 2 aliphatic heterocycles. The largest absolute Gasteiger partial charge is 0.366 e. The normalized spacial score (nSPS) is 41.8. The van der Waals surface area contributed by atoms with E-state index in [1.807, 2.05) is 6.92 Å². The zero-order chi connectivity index (χ0) is 9.59. The van der Waals surface area contributed by atoms with Gasteiger partial charge in [-0.2, -0.15) is 0 Å². The van der Waals surface area contributed by atoms with Gasteiger partial charge >= 0.3 is 0 Å². The number of hydrogen-bond donors (Lipinski definition) is 1. The molecule has 3 aliphatic rings. The Labute approximate surface area is 75.5 Å². The molecule has 0 aromatic heterocycles. The number of nitrogens with zero attached hydrogens (tertiary/aromatic N) is 1. The molecule has 0 radical (unpaired) electrons. The first-order valence-electron chi connectivity index (χ1n) is 4.30. The molecule has 2 bridgehead atoms. The summed E-state index contributed by atoms with van der Waals surface area (Å²) in [5.74, 6) is -0.534. The number of primary amides is 1. The fraction of sp³-hybridized carbons (Fsp3) is 0.556. The van der Waals surface area contributed by atoms with Gasteiger partial charge in [0.1, 0.15) is 6.17 Å². The minimum Gasteiger partial charge on any atom is -0.366 e. The highest BCUT2D eigenvalue weighted by Crippen LogP contribution is 2.42. The summed E-state index contributed by atoms with van der Waals surface area (Å²) in [7, 11) is 0. The summed E-state index contributed by atoms with van der Waals surface area (Å²) in [5, 5.41) is 0. The van der Waals surface area contributed by atoms with Gasteiger partial charge in [0.05, 0.1) is 11.6 Å². The molecule has 3 rings (SSSR count). The molecular weight excluding hydrogens is 171 g/mol. The second-order valence-electron chi connectivity index (χ2n) is 3.64. The Morgan fingerprint density at radius 2 is 2.38 bits per heavy atom. The second-order valence-corrected chi connectivity index (χ2v) is 3.64. The summed E-state index contributed by atoms with van der Waals surface area (Å²) in [4.78, 5) is 14.8. The Hall–Kier alpha value is -1.19. The number of amides is 1. The molecule has 4 unspecified atom stereocenters. The molecule has 0 aromatic rings. The van der Waals surface area contributed by atoms with Crippen molar-refractivity contribution in [3.05, 3.63) is 11.6 Å². The van der Waals surface area contributed by atoms with E-state index < -0.39 is 12.1 Å². The number of rotatable bonds is 1. The molecular formula is C9H11FN2O. The fourth-order valence-corrected chi connectivity index (χ4v) is 1.91. The van der Waals surface area contributed by atoms with Crippen LogP contribution in [0.2, 0.25) is 0 Å². The number of fused-ring (bicyclic) bond motifs is 1. The summed E-state index contributed by atoms with van der Waals surface area (Å²) in [5.41, 5.74) is 5.42. The van der Waals surface area contributed by atoms with E-state index >= 15 is 0 Å². The third kappa shape index (κ3) is 1.08. The molecule has 1 fully saturated rings. The number of carbonyl (C=O) groups is 1. The molecule has 0 spiro atoms. The van der Waals surface area contributed by atoms with Crippen LogP contribution in [0.1, 0.15) is 6.92 Å². The van der Waals surface area contributed by atoms with E-state index in [-0.39, 0.29) is 17.9 Å². The van der Waals surface area contributed by atoms with Crippen LogP contribution in [0.25, 0.3) is 0 Å². The zero-order valence-corrected chi connectivity index (χ0v) is 7.27. The lowest BCUT2D eigenvalue weighted by atomic mass is 9.69. The number of alkyl halides is 1. The molecule has 4 heteroatoms. The second kappa shape index (κ2) is 2.65. The monoisotopic (exact) mass is 182 g/mol. The molecule has 1 aliphatic carbocycles. The maximum atomic E-state index is 13.3. The van der Waals surface area contributed by atoms with E-state index in [2.05, 4.69) is 4.99 Å². The van der Waals surface area contributed by atoms with Crippen molar-refractivity contribution in [2.45, 2.75) is 19.1 Å². The molecule has 70 valence electrons. The first-order chi connectivity index (χ1) is 6.11. The number of carbonyl (C=O) groups excluding carboxylic acids is 1. The van der Waals surface area contributed by atoms with E-state index in [1.165, 1.54) is 6.21 Å². The summed E-state index contributed by atoms with van der Waals surface area (Å²) in [6.45, 7) is 1.93. The zero-order valence-electron chi connectivity index (χ0n) is 7.27. The lowest BCUT2D eigenvalue weighted by molar-refractivity contribution is -0.114. The van der Waals surface area contributed by atoms with Crippen LogP contribution in [-0.4, -0.2) is 24.3 Å². The van der Waals surface area contributed by atoms with Gasteiger partial charge in [-0.3, -0.25) is 9.79 Å². The Bertz CT molecular complexity index is 301. The van der Waals surface area contributed by atoms with Crippen LogP contribution < -0.4 is 5.73 Å². The van der Waals surface area contributed by atoms with E-state index in [4.69, 9.17) is 5.73 Å². The molecule has 4 atom stereocenters. The fourth-order valence-electron chi connectivity index (χ4n) is 1.91. The third-order valence-electron chi connectivity index (χ3n) is 2.88. The number of halogens is 1. The molecule has 0 saturated heterocycles. The molecule has 3 nitrogen and oxygen atoms in total. The molecule has 1 saturated carbocycles. The van der Waals surface area contributed by atoms with E-state index in [0.717, 1.165) is 0 Å². The molecule has 1 amide bonds. The van der Waals surface area contributed by atoms with Gasteiger partial charge in [-0.25, -0.2) is 4.39 Å². The highest BCUT2D eigenvalue weighted by Gasteiger charge is 2.48. The quantitative estimate of drug-likeness (QED) is 0.629. The van der Waals surface area contributed by atoms with Gasteiger partial charge in [0.15, 0.2) is 0 Å². The highest BCUT2D eigenvalue weighted by atomic mass is 19.1. The van der Waals surface area contributed by atoms with Crippen LogP contribution in [-0.2, 0) is 4.79 Å². The average molecular weight is 182 g/mol. The van der Waals surface area contributed by atoms with Crippen molar-refractivity contribution in [2.75, 3.05) is 0 Å². The number of hydrogen-bond acceptors (Lipinski definition) is 2. The molecule has 13 heavy (non-hydrogen) atoms. The number of aliphatic imine (C=N–C) groups is 1. The van der Waals surface area contributed by atoms with E-state index in [9.17, 15) is 9.18 Å². The predicted molar refractivity (Wildman–Crippen MR) is 47.1 cm³/mol. The van der Waals surface area contributed by atoms with Crippen molar-refractivity contribution in [1.82, 2.24) is 0 Å². The SMILES string of the molecule is CC1C2C=C(C(N)=O)C=NC1C2F. The smallest absolute Gasteiger partial charge is 0.249 e. The van der Waals surface area contributed by atoms with Crippen LogP contribution in [0.5, 0.6) is 0 Å². The minimum absolute atomic E-state index is 0.183. The maximum Gasteiger partial charge on any atom is 0.249 e. The van der Waals surface area contributed by atoms with Crippen molar-refractivity contribution in [1.29, 1.82) is 0 Å². The molecule has 0 aromatic carbocycles. The number of allylic oxidation sites excluding steroid dienone is 1. The van der Waals surface area contributed by atoms with Crippen LogP contribution in [0, 0.1) is 11.8 Å². The first-order valence-corrected chi connectivity index (χ1v) is 4.30. The predicted octanol–water partition coefficient (Wildman–Crippen LogP) is 0.455. The maximum absolute atomic E-state index is 13.3. The van der Waals surface area contributed by atoms with Gasteiger partial charge < -0.3 is 5.73 Å². The van der Waals surface area contributed by atoms with Crippen molar-refractivity contribution in [3.63, 3.8) is 0 Å². The van der Waals surface area contributed by atoms with Crippen LogP contribution in [0.4, 0.5) is 4.39 Å². The topological polar surface area (TPSA) is 55.5 Å². The summed E-state index contributed by atoms with van der Waals surface area (Å²) >= 11 is 0. The Morgan fingerprint density at radius 1 is 1.69 bits per heavy atom. The van der Waals surface area contributed by atoms with Gasteiger partial charge in [0, 0.05) is 12.1 Å². The first kappa shape index (κ1) is 8.41. The van der Waals surface area contributed by atoms with E-state index in [0.29, 0.717) is 5.57 Å². The van der Waals surface area contributed by atoms with Crippen molar-refractivity contribution < 1.29 is 9.18 Å². The van der Waals surface area contributed by atoms with Gasteiger partial charge in [0.25, 0.3) is 0 Å². The van der Waals surface area contributed by atoms with Gasteiger partial charge in [0.2, 0.25) is 5.91 Å². The average Bonchev–Trinajstić information content (AvgIpc) is 2.35. The molecule has 2 heterocycles. The highest BCUT2D eigenvalue weighted by molar-refractivity contribution is 6.11. The standard InChI is InChI=1S/C9H11FN2O/c1-4-6-2-5(9(11)13)3-12-8(4)7(6)10/h2-4,6-8H,1H3,(H2,11,13). The lowest BCUT2D eigenvalue weighted by Gasteiger charge is -2.41. The Morgan fingerprint density at radius 3 is 2.92 bits per heavy atom. The van der Waals surface area contributed by atoms with Gasteiger partial charge in [-0.05, 0) is 5.92 Å². The Balaban J connectivity index is 2.31. The van der Waals surface area contributed by atoms with Gasteiger partial charge in [-0.1, -0.05) is 13.0 Å². The Kier molecular flexibility index (Phi) is 1.71. The van der Waals surface area contributed by atoms with Crippen molar-refractivity contribution >= 4 is 12.1 Å². The van der Waals surface area contributed by atoms with Crippen molar-refractivity contribution in [3.8, 4) is 0 Å². The van der Waals surface area contributed by atoms with Gasteiger partial charge in [-0.15, -0.1) is 0 Å². The van der Waals surface area contributed by atoms with Crippen LogP contribution >= 0.6 is 0 Å². The number of nitrogens with two attached hydrogens (primary N) is 1. The lowest BCUT2D eigenvalue weighted by Crippen LogP contribution is -2.49. The molecule has 2 N–H and O–H groups in total. The third-order valence-corrected chi connectivity index (χ3v) is 2.88. The summed E-state index contributed by atoms with van der Waals surface area (Å²) in [6.07, 6.45) is 2.05. The van der Waals surface area contributed by atoms with Crippen LogP contribution in [0.15, 0.2) is 16.6 Å².